The number of benzene rings is 1. The highest BCUT2D eigenvalue weighted by atomic mass is 32.2. The van der Waals surface area contributed by atoms with E-state index in [-0.39, 0.29) is 11.5 Å². The summed E-state index contributed by atoms with van der Waals surface area (Å²) in [7, 11) is 1.66. The number of hydrogen-bond acceptors (Lipinski definition) is 5. The highest BCUT2D eigenvalue weighted by molar-refractivity contribution is 7.99. The molecule has 0 unspecified atom stereocenters. The van der Waals surface area contributed by atoms with E-state index in [2.05, 4.69) is 4.98 Å². The SMILES string of the molecule is Cn1c(SCCCCCCC(=O)NO)nc2cc(F)ccc2c1=O. The molecular formula is C16H20FN3O3S. The third-order valence-corrected chi connectivity index (χ3v) is 4.77. The molecule has 8 heteroatoms. The minimum absolute atomic E-state index is 0.183. The molecule has 1 aromatic heterocycles. The van der Waals surface area contributed by atoms with E-state index in [1.54, 1.807) is 12.5 Å². The Hall–Kier alpha value is -1.93. The number of unbranched alkanes of at least 4 members (excludes halogenated alkanes) is 3. The molecule has 24 heavy (non-hydrogen) atoms. The van der Waals surface area contributed by atoms with Crippen LogP contribution < -0.4 is 11.0 Å². The molecule has 0 saturated carbocycles. The van der Waals surface area contributed by atoms with E-state index in [1.807, 2.05) is 0 Å². The molecule has 2 rings (SSSR count). The van der Waals surface area contributed by atoms with Crippen molar-refractivity contribution in [3.63, 3.8) is 0 Å². The summed E-state index contributed by atoms with van der Waals surface area (Å²) in [6, 6.07) is 3.99. The highest BCUT2D eigenvalue weighted by Crippen LogP contribution is 2.19. The number of rotatable bonds is 8. The van der Waals surface area contributed by atoms with Crippen molar-refractivity contribution in [3.05, 3.63) is 34.4 Å². The van der Waals surface area contributed by atoms with Gasteiger partial charge < -0.3 is 0 Å². The Bertz CT molecular complexity index is 779. The van der Waals surface area contributed by atoms with Gasteiger partial charge in [-0.3, -0.25) is 19.4 Å². The molecule has 0 aliphatic heterocycles. The lowest BCUT2D eigenvalue weighted by atomic mass is 10.1. The zero-order valence-electron chi connectivity index (χ0n) is 13.4. The quantitative estimate of drug-likeness (QED) is 0.251. The summed E-state index contributed by atoms with van der Waals surface area (Å²) in [6.45, 7) is 0. The number of nitrogens with zero attached hydrogens (tertiary/aromatic N) is 2. The minimum Gasteiger partial charge on any atom is -0.290 e. The first-order valence-electron chi connectivity index (χ1n) is 7.75. The molecule has 130 valence electrons. The molecule has 0 fully saturated rings. The molecule has 1 aromatic carbocycles. The molecule has 2 aromatic rings. The predicted octanol–water partition coefficient (Wildman–Crippen LogP) is 2.62. The Morgan fingerprint density at radius 2 is 2.08 bits per heavy atom. The van der Waals surface area contributed by atoms with E-state index in [9.17, 15) is 14.0 Å². The maximum atomic E-state index is 13.3. The van der Waals surface area contributed by atoms with Crippen molar-refractivity contribution in [2.75, 3.05) is 5.75 Å². The zero-order chi connectivity index (χ0) is 17.5. The van der Waals surface area contributed by atoms with Crippen molar-refractivity contribution in [2.45, 2.75) is 37.3 Å². The van der Waals surface area contributed by atoms with Crippen molar-refractivity contribution in [3.8, 4) is 0 Å². The second-order valence-electron chi connectivity index (χ2n) is 5.47. The normalized spacial score (nSPS) is 11.0. The van der Waals surface area contributed by atoms with Gasteiger partial charge in [-0.05, 0) is 25.0 Å². The fraction of sp³-hybridized carbons (Fsp3) is 0.438. The van der Waals surface area contributed by atoms with E-state index >= 15 is 0 Å². The molecule has 1 heterocycles. The monoisotopic (exact) mass is 353 g/mol. The smallest absolute Gasteiger partial charge is 0.261 e. The van der Waals surface area contributed by atoms with Gasteiger partial charge >= 0.3 is 0 Å². The van der Waals surface area contributed by atoms with Crippen LogP contribution in [0.1, 0.15) is 32.1 Å². The first-order chi connectivity index (χ1) is 11.5. The average molecular weight is 353 g/mol. The van der Waals surface area contributed by atoms with Gasteiger partial charge in [0.05, 0.1) is 10.9 Å². The molecule has 0 aliphatic carbocycles. The van der Waals surface area contributed by atoms with Crippen LogP contribution in [0.15, 0.2) is 28.2 Å². The molecule has 0 bridgehead atoms. The average Bonchev–Trinajstić information content (AvgIpc) is 2.57. The number of carbonyl (C=O) groups is 1. The third kappa shape index (κ3) is 4.78. The number of aromatic nitrogens is 2. The molecule has 1 amide bonds. The first-order valence-corrected chi connectivity index (χ1v) is 8.73. The molecule has 0 spiro atoms. The molecule has 2 N–H and O–H groups in total. The standard InChI is InChI=1S/C16H20FN3O3S/c1-20-15(22)12-8-7-11(17)10-13(12)18-16(20)24-9-5-3-2-4-6-14(21)19-23/h7-8,10,23H,2-6,9H2,1H3,(H,19,21). The third-order valence-electron chi connectivity index (χ3n) is 3.65. The maximum absolute atomic E-state index is 13.3. The summed E-state index contributed by atoms with van der Waals surface area (Å²) in [5.74, 6) is 0.00547. The second-order valence-corrected chi connectivity index (χ2v) is 6.53. The van der Waals surface area contributed by atoms with Crippen LogP contribution in [0, 0.1) is 5.82 Å². The number of amides is 1. The van der Waals surface area contributed by atoms with Crippen LogP contribution in [0.3, 0.4) is 0 Å². The Balaban J connectivity index is 1.88. The Kier molecular flexibility index (Phi) is 6.74. The maximum Gasteiger partial charge on any atom is 0.261 e. The number of nitrogens with one attached hydrogen (secondary N) is 1. The molecule has 0 saturated heterocycles. The van der Waals surface area contributed by atoms with Crippen molar-refractivity contribution < 1.29 is 14.4 Å². The van der Waals surface area contributed by atoms with Crippen LogP contribution in [-0.2, 0) is 11.8 Å². The van der Waals surface area contributed by atoms with Crippen LogP contribution in [0.2, 0.25) is 0 Å². The van der Waals surface area contributed by atoms with Crippen LogP contribution in [0.5, 0.6) is 0 Å². The largest absolute Gasteiger partial charge is 0.290 e. The van der Waals surface area contributed by atoms with Gasteiger partial charge in [-0.1, -0.05) is 24.6 Å². The summed E-state index contributed by atoms with van der Waals surface area (Å²) in [4.78, 5) is 27.5. The summed E-state index contributed by atoms with van der Waals surface area (Å²) in [5, 5.41) is 9.36. The van der Waals surface area contributed by atoms with Gasteiger partial charge in [-0.2, -0.15) is 0 Å². The van der Waals surface area contributed by atoms with Gasteiger partial charge in [0.25, 0.3) is 5.56 Å². The lowest BCUT2D eigenvalue weighted by Crippen LogP contribution is -2.20. The summed E-state index contributed by atoms with van der Waals surface area (Å²) >= 11 is 1.46. The van der Waals surface area contributed by atoms with Crippen molar-refractivity contribution in [1.29, 1.82) is 0 Å². The van der Waals surface area contributed by atoms with Crippen molar-refractivity contribution >= 4 is 28.6 Å². The van der Waals surface area contributed by atoms with Gasteiger partial charge in [0.1, 0.15) is 5.82 Å². The van der Waals surface area contributed by atoms with Gasteiger partial charge in [0, 0.05) is 25.3 Å². The van der Waals surface area contributed by atoms with Crippen LogP contribution in [0.25, 0.3) is 10.9 Å². The molecule has 6 nitrogen and oxygen atoms in total. The number of fused-ring (bicyclic) bond motifs is 1. The van der Waals surface area contributed by atoms with Crippen LogP contribution in [0.4, 0.5) is 4.39 Å². The lowest BCUT2D eigenvalue weighted by molar-refractivity contribution is -0.129. The Morgan fingerprint density at radius 3 is 2.83 bits per heavy atom. The number of thioether (sulfide) groups is 1. The number of carbonyl (C=O) groups excluding carboxylic acids is 1. The van der Waals surface area contributed by atoms with Crippen molar-refractivity contribution in [1.82, 2.24) is 15.0 Å². The minimum atomic E-state index is -0.411. The van der Waals surface area contributed by atoms with Gasteiger partial charge in [-0.25, -0.2) is 14.9 Å². The van der Waals surface area contributed by atoms with Crippen molar-refractivity contribution in [2.24, 2.45) is 7.05 Å². The van der Waals surface area contributed by atoms with Gasteiger partial charge in [0.2, 0.25) is 5.91 Å². The first kappa shape index (κ1) is 18.4. The number of halogens is 1. The topological polar surface area (TPSA) is 84.2 Å². The predicted molar refractivity (Wildman–Crippen MR) is 90.7 cm³/mol. The number of hydroxylamine groups is 1. The van der Waals surface area contributed by atoms with Crippen LogP contribution >= 0.6 is 11.8 Å². The Labute approximate surface area is 143 Å². The molecule has 0 atom stereocenters. The summed E-state index contributed by atoms with van der Waals surface area (Å²) < 4.78 is 14.8. The van der Waals surface area contributed by atoms with E-state index in [4.69, 9.17) is 5.21 Å². The zero-order valence-corrected chi connectivity index (χ0v) is 14.2. The van der Waals surface area contributed by atoms with Crippen LogP contribution in [-0.4, -0.2) is 26.4 Å². The fourth-order valence-corrected chi connectivity index (χ4v) is 3.28. The van der Waals surface area contributed by atoms with E-state index in [0.29, 0.717) is 22.5 Å². The summed E-state index contributed by atoms with van der Waals surface area (Å²) in [5.41, 5.74) is 1.80. The summed E-state index contributed by atoms with van der Waals surface area (Å²) in [6.07, 6.45) is 3.80. The molecule has 0 radical (unpaired) electrons. The molecular weight excluding hydrogens is 333 g/mol. The van der Waals surface area contributed by atoms with E-state index in [1.165, 1.54) is 34.5 Å². The van der Waals surface area contributed by atoms with Gasteiger partial charge in [-0.15, -0.1) is 0 Å². The highest BCUT2D eigenvalue weighted by Gasteiger charge is 2.09. The Morgan fingerprint density at radius 1 is 1.33 bits per heavy atom. The van der Waals surface area contributed by atoms with Gasteiger partial charge in [0.15, 0.2) is 5.16 Å². The fourth-order valence-electron chi connectivity index (χ4n) is 2.31. The number of hydrogen-bond donors (Lipinski definition) is 2. The van der Waals surface area contributed by atoms with E-state index in [0.717, 1.165) is 31.4 Å². The molecule has 0 aliphatic rings. The lowest BCUT2D eigenvalue weighted by Gasteiger charge is -2.08. The van der Waals surface area contributed by atoms with E-state index < -0.39 is 5.82 Å². The second kappa shape index (κ2) is 8.79.